The summed E-state index contributed by atoms with van der Waals surface area (Å²) in [7, 11) is 0. The molecule has 1 aliphatic rings. The van der Waals surface area contributed by atoms with Crippen LogP contribution in [0.2, 0.25) is 0 Å². The molecule has 0 spiro atoms. The van der Waals surface area contributed by atoms with E-state index in [1.54, 1.807) is 11.8 Å². The third-order valence-electron chi connectivity index (χ3n) is 5.70. The first-order chi connectivity index (χ1) is 16.0. The van der Waals surface area contributed by atoms with E-state index in [0.717, 1.165) is 40.9 Å². The van der Waals surface area contributed by atoms with E-state index in [1.165, 1.54) is 18.4 Å². The number of fused-ring (bicyclic) bond motifs is 1. The van der Waals surface area contributed by atoms with Crippen molar-refractivity contribution >= 4 is 34.5 Å². The zero-order valence-corrected chi connectivity index (χ0v) is 20.4. The number of anilines is 1. The van der Waals surface area contributed by atoms with Gasteiger partial charge in [-0.1, -0.05) is 44.7 Å². The highest BCUT2D eigenvalue weighted by atomic mass is 32.2. The molecule has 3 heterocycles. The normalized spacial score (nSPS) is 13.8. The summed E-state index contributed by atoms with van der Waals surface area (Å²) in [4.78, 5) is 24.1. The quantitative estimate of drug-likeness (QED) is 0.357. The average molecular weight is 469 g/mol. The molecular formula is C24H32N6O2S. The molecule has 1 N–H and O–H groups in total. The molecule has 1 saturated heterocycles. The number of nitrogens with zero attached hydrogens (tertiary/aromatic N) is 5. The van der Waals surface area contributed by atoms with Crippen LogP contribution in [0.5, 0.6) is 5.75 Å². The fourth-order valence-electron chi connectivity index (χ4n) is 3.90. The van der Waals surface area contributed by atoms with Crippen molar-refractivity contribution in [3.05, 3.63) is 36.0 Å². The number of carbonyl (C=O) groups is 1. The summed E-state index contributed by atoms with van der Waals surface area (Å²) < 4.78 is 7.46. The van der Waals surface area contributed by atoms with Gasteiger partial charge in [0.15, 0.2) is 17.4 Å². The number of rotatable bonds is 10. The maximum Gasteiger partial charge on any atom is 0.258 e. The number of benzene rings is 1. The topological polar surface area (TPSA) is 85.2 Å². The molecule has 0 radical (unpaired) electrons. The number of aromatic nitrogens is 4. The van der Waals surface area contributed by atoms with Crippen molar-refractivity contribution in [3.8, 4) is 5.75 Å². The van der Waals surface area contributed by atoms with Crippen LogP contribution in [0, 0.1) is 0 Å². The fraction of sp³-hybridized carbons (Fsp3) is 0.500. The summed E-state index contributed by atoms with van der Waals surface area (Å²) in [6.07, 6.45) is 4.22. The van der Waals surface area contributed by atoms with E-state index in [4.69, 9.17) is 14.7 Å². The molecule has 1 fully saturated rings. The van der Waals surface area contributed by atoms with Gasteiger partial charge < -0.3 is 15.0 Å². The van der Waals surface area contributed by atoms with Crippen LogP contribution in [-0.4, -0.2) is 57.6 Å². The van der Waals surface area contributed by atoms with Gasteiger partial charge >= 0.3 is 0 Å². The van der Waals surface area contributed by atoms with E-state index in [9.17, 15) is 4.79 Å². The number of thioether (sulfide) groups is 1. The third kappa shape index (κ3) is 5.76. The Bertz CT molecular complexity index is 1080. The van der Waals surface area contributed by atoms with E-state index in [1.807, 2.05) is 35.1 Å². The number of hydrogen-bond donors (Lipinski definition) is 1. The van der Waals surface area contributed by atoms with Crippen molar-refractivity contribution < 1.29 is 9.53 Å². The SMILES string of the molecule is CCSc1nc(N2CCCC2)c2cnn(CCNC(=O)COc3ccc(C(C)C)cc3)c2n1. The Morgan fingerprint density at radius 3 is 2.64 bits per heavy atom. The van der Waals surface area contributed by atoms with Gasteiger partial charge in [-0.2, -0.15) is 5.10 Å². The van der Waals surface area contributed by atoms with Crippen molar-refractivity contribution in [2.24, 2.45) is 0 Å². The maximum absolute atomic E-state index is 12.2. The van der Waals surface area contributed by atoms with E-state index in [-0.39, 0.29) is 12.5 Å². The van der Waals surface area contributed by atoms with Crippen molar-refractivity contribution in [2.75, 3.05) is 36.9 Å². The Morgan fingerprint density at radius 1 is 1.18 bits per heavy atom. The summed E-state index contributed by atoms with van der Waals surface area (Å²) in [5, 5.41) is 9.19. The number of nitrogens with one attached hydrogen (secondary N) is 1. The number of carbonyl (C=O) groups excluding carboxylic acids is 1. The monoisotopic (exact) mass is 468 g/mol. The van der Waals surface area contributed by atoms with Crippen LogP contribution >= 0.6 is 11.8 Å². The summed E-state index contributed by atoms with van der Waals surface area (Å²) in [6, 6.07) is 7.87. The van der Waals surface area contributed by atoms with Gasteiger partial charge in [-0.3, -0.25) is 4.79 Å². The number of ether oxygens (including phenoxy) is 1. The van der Waals surface area contributed by atoms with Gasteiger partial charge in [0.25, 0.3) is 5.91 Å². The van der Waals surface area contributed by atoms with Gasteiger partial charge in [0.1, 0.15) is 11.6 Å². The van der Waals surface area contributed by atoms with Gasteiger partial charge in [0, 0.05) is 19.6 Å². The van der Waals surface area contributed by atoms with Crippen molar-refractivity contribution in [2.45, 2.75) is 51.2 Å². The average Bonchev–Trinajstić information content (AvgIpc) is 3.48. The van der Waals surface area contributed by atoms with Crippen LogP contribution in [0.1, 0.15) is 45.1 Å². The van der Waals surface area contributed by atoms with Gasteiger partial charge in [0.05, 0.1) is 18.1 Å². The molecule has 2 aromatic heterocycles. The zero-order chi connectivity index (χ0) is 23.2. The predicted molar refractivity (Wildman–Crippen MR) is 132 cm³/mol. The lowest BCUT2D eigenvalue weighted by Crippen LogP contribution is -2.31. The van der Waals surface area contributed by atoms with Crippen LogP contribution in [0.15, 0.2) is 35.6 Å². The van der Waals surface area contributed by atoms with Crippen molar-refractivity contribution in [3.63, 3.8) is 0 Å². The van der Waals surface area contributed by atoms with Gasteiger partial charge in [-0.25, -0.2) is 14.6 Å². The second kappa shape index (κ2) is 10.9. The number of amides is 1. The molecule has 1 amide bonds. The standard InChI is InChI=1S/C24H32N6O2S/c1-4-33-24-27-22(29-12-5-6-13-29)20-15-26-30(23(20)28-24)14-11-25-21(31)16-32-19-9-7-18(8-10-19)17(2)3/h7-10,15,17H,4-6,11-14,16H2,1-3H3,(H,25,31). The van der Waals surface area contributed by atoms with Gasteiger partial charge in [-0.15, -0.1) is 0 Å². The third-order valence-corrected chi connectivity index (χ3v) is 6.43. The lowest BCUT2D eigenvalue weighted by atomic mass is 10.0. The van der Waals surface area contributed by atoms with Crippen LogP contribution in [0.25, 0.3) is 11.0 Å². The van der Waals surface area contributed by atoms with E-state index in [0.29, 0.717) is 24.8 Å². The summed E-state index contributed by atoms with van der Waals surface area (Å²) >= 11 is 1.63. The second-order valence-electron chi connectivity index (χ2n) is 8.42. The summed E-state index contributed by atoms with van der Waals surface area (Å²) in [5.74, 6) is 2.89. The van der Waals surface area contributed by atoms with E-state index in [2.05, 4.69) is 36.1 Å². The Hall–Kier alpha value is -2.81. The van der Waals surface area contributed by atoms with Crippen LogP contribution in [-0.2, 0) is 11.3 Å². The Morgan fingerprint density at radius 2 is 1.94 bits per heavy atom. The largest absolute Gasteiger partial charge is 0.484 e. The fourth-order valence-corrected chi connectivity index (χ4v) is 4.46. The van der Waals surface area contributed by atoms with Crippen LogP contribution < -0.4 is 15.0 Å². The molecule has 33 heavy (non-hydrogen) atoms. The minimum Gasteiger partial charge on any atom is -0.484 e. The number of hydrogen-bond acceptors (Lipinski definition) is 7. The molecule has 176 valence electrons. The molecular weight excluding hydrogens is 436 g/mol. The first-order valence-electron chi connectivity index (χ1n) is 11.7. The van der Waals surface area contributed by atoms with Crippen molar-refractivity contribution in [1.82, 2.24) is 25.1 Å². The molecule has 4 rings (SSSR count). The van der Waals surface area contributed by atoms with E-state index < -0.39 is 0 Å². The molecule has 1 aliphatic heterocycles. The van der Waals surface area contributed by atoms with Crippen LogP contribution in [0.3, 0.4) is 0 Å². The van der Waals surface area contributed by atoms with Gasteiger partial charge in [-0.05, 0) is 42.2 Å². The smallest absolute Gasteiger partial charge is 0.258 e. The Labute approximate surface area is 199 Å². The first-order valence-corrected chi connectivity index (χ1v) is 12.6. The highest BCUT2D eigenvalue weighted by molar-refractivity contribution is 7.99. The minimum absolute atomic E-state index is 0.0144. The summed E-state index contributed by atoms with van der Waals surface area (Å²) in [5.41, 5.74) is 2.06. The van der Waals surface area contributed by atoms with Gasteiger partial charge in [0.2, 0.25) is 0 Å². The minimum atomic E-state index is -0.158. The molecule has 0 saturated carbocycles. The molecule has 0 unspecified atom stereocenters. The van der Waals surface area contributed by atoms with Crippen LogP contribution in [0.4, 0.5) is 5.82 Å². The maximum atomic E-state index is 12.2. The molecule has 1 aromatic carbocycles. The first kappa shape index (κ1) is 23.4. The molecule has 9 heteroatoms. The lowest BCUT2D eigenvalue weighted by molar-refractivity contribution is -0.123. The second-order valence-corrected chi connectivity index (χ2v) is 9.66. The highest BCUT2D eigenvalue weighted by Crippen LogP contribution is 2.29. The molecule has 0 atom stereocenters. The van der Waals surface area contributed by atoms with E-state index >= 15 is 0 Å². The molecule has 0 bridgehead atoms. The van der Waals surface area contributed by atoms with Crippen molar-refractivity contribution in [1.29, 1.82) is 0 Å². The highest BCUT2D eigenvalue weighted by Gasteiger charge is 2.20. The summed E-state index contributed by atoms with van der Waals surface area (Å²) in [6.45, 7) is 9.40. The molecule has 0 aliphatic carbocycles. The lowest BCUT2D eigenvalue weighted by Gasteiger charge is -2.17. The Balaban J connectivity index is 1.35. The Kier molecular flexibility index (Phi) is 7.69. The molecule has 8 nitrogen and oxygen atoms in total. The zero-order valence-electron chi connectivity index (χ0n) is 19.6. The predicted octanol–water partition coefficient (Wildman–Crippen LogP) is 3.86. The molecule has 3 aromatic rings.